The summed E-state index contributed by atoms with van der Waals surface area (Å²) in [6.07, 6.45) is 2.24. The molecule has 0 aliphatic carbocycles. The van der Waals surface area contributed by atoms with Crippen molar-refractivity contribution in [2.45, 2.75) is 6.42 Å². The third-order valence-electron chi connectivity index (χ3n) is 0.766. The molecule has 2 N–H and O–H groups in total. The van der Waals surface area contributed by atoms with Crippen LogP contribution in [-0.2, 0) is 9.09 Å². The molecule has 0 aromatic carbocycles. The van der Waals surface area contributed by atoms with Crippen LogP contribution in [0.2, 0.25) is 0 Å². The zero-order chi connectivity index (χ0) is 6.04. The highest BCUT2D eigenvalue weighted by Crippen LogP contribution is 2.40. The molecule has 4 nitrogen and oxygen atoms in total. The maximum atomic E-state index is 10.6. The maximum absolute atomic E-state index is 10.6. The van der Waals surface area contributed by atoms with Crippen molar-refractivity contribution in [1.29, 1.82) is 0 Å². The molecule has 5 heteroatoms. The first kappa shape index (κ1) is 5.95. The van der Waals surface area contributed by atoms with Gasteiger partial charge >= 0.3 is 7.67 Å². The fourth-order valence-electron chi connectivity index (χ4n) is 0.441. The Morgan fingerprint density at radius 3 is 2.88 bits per heavy atom. The highest BCUT2D eigenvalue weighted by atomic mass is 31.2. The Labute approximate surface area is 47.3 Å². The van der Waals surface area contributed by atoms with Gasteiger partial charge in [0.05, 0.1) is 6.61 Å². The molecule has 1 unspecified atom stereocenters. The van der Waals surface area contributed by atoms with E-state index in [9.17, 15) is 4.57 Å². The van der Waals surface area contributed by atoms with E-state index in [1.807, 2.05) is 0 Å². The van der Waals surface area contributed by atoms with Crippen molar-refractivity contribution in [2.24, 2.45) is 10.3 Å². The van der Waals surface area contributed by atoms with E-state index in [1.54, 1.807) is 0 Å². The van der Waals surface area contributed by atoms with Crippen molar-refractivity contribution >= 4 is 13.9 Å². The minimum atomic E-state index is -3.02. The van der Waals surface area contributed by atoms with Gasteiger partial charge in [-0.25, -0.2) is 14.8 Å². The number of hydrogen-bond donors (Lipinski definition) is 1. The normalized spacial score (nSPS) is 37.6. The Hall–Kier alpha value is -0.180. The Bertz CT molecular complexity index is 155. The van der Waals surface area contributed by atoms with Gasteiger partial charge in [-0.15, -0.1) is 0 Å². The van der Waals surface area contributed by atoms with Gasteiger partial charge in [0.15, 0.2) is 0 Å². The van der Waals surface area contributed by atoms with Gasteiger partial charge in [0.2, 0.25) is 0 Å². The van der Waals surface area contributed by atoms with E-state index in [4.69, 9.17) is 5.50 Å². The predicted octanol–water partition coefficient (Wildman–Crippen LogP) is 0.544. The Kier molecular flexibility index (Phi) is 1.47. The van der Waals surface area contributed by atoms with E-state index < -0.39 is 7.67 Å². The molecular weight excluding hydrogens is 127 g/mol. The molecule has 8 heavy (non-hydrogen) atoms. The molecule has 1 aliphatic rings. The van der Waals surface area contributed by atoms with Crippen molar-refractivity contribution < 1.29 is 9.09 Å². The summed E-state index contributed by atoms with van der Waals surface area (Å²) in [4.78, 5) is 0. The van der Waals surface area contributed by atoms with Crippen LogP contribution in [0.15, 0.2) is 4.76 Å². The fraction of sp³-hybridized carbons (Fsp3) is 0.667. The van der Waals surface area contributed by atoms with Crippen molar-refractivity contribution in [3.63, 3.8) is 0 Å². The van der Waals surface area contributed by atoms with Gasteiger partial charge in [-0.2, -0.15) is 0 Å². The highest BCUT2D eigenvalue weighted by molar-refractivity contribution is 7.55. The number of hydrogen-bond acceptors (Lipinski definition) is 2. The maximum Gasteiger partial charge on any atom is 0.383 e. The first-order valence-electron chi connectivity index (χ1n) is 2.28. The largest absolute Gasteiger partial charge is 0.383 e. The summed E-state index contributed by atoms with van der Waals surface area (Å²) in [5.74, 6) is 0. The summed E-state index contributed by atoms with van der Waals surface area (Å²) in [5.41, 5.74) is 5.01. The van der Waals surface area contributed by atoms with Crippen molar-refractivity contribution in [3.8, 4) is 0 Å². The van der Waals surface area contributed by atoms with E-state index in [-0.39, 0.29) is 0 Å². The van der Waals surface area contributed by atoms with Crippen LogP contribution in [0.1, 0.15) is 6.42 Å². The lowest BCUT2D eigenvalue weighted by Gasteiger charge is -2.10. The average Bonchev–Trinajstić information content (AvgIpc) is 1.65. The van der Waals surface area contributed by atoms with E-state index in [0.717, 1.165) is 0 Å². The van der Waals surface area contributed by atoms with E-state index in [2.05, 4.69) is 9.29 Å². The van der Waals surface area contributed by atoms with Crippen LogP contribution in [-0.4, -0.2) is 12.8 Å². The minimum Gasteiger partial charge on any atom is -0.300 e. The van der Waals surface area contributed by atoms with Crippen LogP contribution in [0.5, 0.6) is 0 Å². The van der Waals surface area contributed by atoms with E-state index in [0.29, 0.717) is 13.0 Å². The van der Waals surface area contributed by atoms with Crippen molar-refractivity contribution in [3.05, 3.63) is 0 Å². The SMILES string of the molecule is NP1(=O)N=CCCO1. The number of nitrogens with zero attached hydrogens (tertiary/aromatic N) is 1. The second kappa shape index (κ2) is 1.97. The predicted molar refractivity (Wildman–Crippen MR) is 30.9 cm³/mol. The average molecular weight is 134 g/mol. The molecule has 0 aromatic heterocycles. The minimum absolute atomic E-state index is 0.428. The highest BCUT2D eigenvalue weighted by Gasteiger charge is 2.15. The smallest absolute Gasteiger partial charge is 0.300 e. The summed E-state index contributed by atoms with van der Waals surface area (Å²) in [7, 11) is -3.02. The van der Waals surface area contributed by atoms with Gasteiger partial charge in [-0.1, -0.05) is 0 Å². The number of nitrogens with two attached hydrogens (primary N) is 1. The van der Waals surface area contributed by atoms with Crippen LogP contribution in [0.3, 0.4) is 0 Å². The zero-order valence-corrected chi connectivity index (χ0v) is 5.17. The summed E-state index contributed by atoms with van der Waals surface area (Å²) >= 11 is 0. The third kappa shape index (κ3) is 1.40. The topological polar surface area (TPSA) is 64.7 Å². The van der Waals surface area contributed by atoms with Gasteiger partial charge in [0.25, 0.3) is 0 Å². The monoisotopic (exact) mass is 134 g/mol. The van der Waals surface area contributed by atoms with Crippen molar-refractivity contribution in [1.82, 2.24) is 0 Å². The van der Waals surface area contributed by atoms with Gasteiger partial charge in [0, 0.05) is 12.6 Å². The quantitative estimate of drug-likeness (QED) is 0.492. The first-order valence-corrected chi connectivity index (χ1v) is 3.93. The molecule has 0 amide bonds. The summed E-state index contributed by atoms with van der Waals surface area (Å²) < 4.78 is 18.6. The molecular formula is C3H7N2O2P. The molecule has 0 fully saturated rings. The molecule has 0 saturated carbocycles. The third-order valence-corrected chi connectivity index (χ3v) is 1.80. The molecule has 0 bridgehead atoms. The molecule has 1 rings (SSSR count). The summed E-state index contributed by atoms with van der Waals surface area (Å²) in [6.45, 7) is 0.428. The molecule has 0 aromatic rings. The lowest BCUT2D eigenvalue weighted by atomic mass is 10.5. The lowest BCUT2D eigenvalue weighted by molar-refractivity contribution is 0.320. The number of rotatable bonds is 0. The van der Waals surface area contributed by atoms with Crippen LogP contribution < -0.4 is 5.50 Å². The molecule has 0 radical (unpaired) electrons. The Balaban J connectivity index is 2.70. The second-order valence-corrected chi connectivity index (χ2v) is 3.10. The molecule has 1 atom stereocenters. The standard InChI is InChI=1S/C3H7N2O2P/c4-8(6)5-2-1-3-7-8/h2H,1,3H2,(H2,4,6). The fourth-order valence-corrected chi connectivity index (χ4v) is 1.22. The van der Waals surface area contributed by atoms with Gasteiger partial charge in [-0.05, 0) is 0 Å². The molecule has 1 heterocycles. The Morgan fingerprint density at radius 1 is 1.88 bits per heavy atom. The van der Waals surface area contributed by atoms with Crippen LogP contribution in [0.25, 0.3) is 0 Å². The second-order valence-electron chi connectivity index (χ2n) is 1.48. The van der Waals surface area contributed by atoms with Gasteiger partial charge in [-0.3, -0.25) is 0 Å². The van der Waals surface area contributed by atoms with Crippen molar-refractivity contribution in [2.75, 3.05) is 6.61 Å². The van der Waals surface area contributed by atoms with E-state index >= 15 is 0 Å². The molecule has 46 valence electrons. The summed E-state index contributed by atoms with van der Waals surface area (Å²) in [5, 5.41) is 0. The molecule has 1 aliphatic heterocycles. The van der Waals surface area contributed by atoms with Crippen LogP contribution in [0.4, 0.5) is 0 Å². The first-order chi connectivity index (χ1) is 3.71. The van der Waals surface area contributed by atoms with Gasteiger partial charge < -0.3 is 4.52 Å². The molecule has 0 saturated heterocycles. The lowest BCUT2D eigenvalue weighted by Crippen LogP contribution is -2.04. The van der Waals surface area contributed by atoms with E-state index in [1.165, 1.54) is 6.21 Å². The van der Waals surface area contributed by atoms with Crippen LogP contribution >= 0.6 is 7.67 Å². The zero-order valence-electron chi connectivity index (χ0n) is 4.28. The Morgan fingerprint density at radius 2 is 2.62 bits per heavy atom. The van der Waals surface area contributed by atoms with Crippen LogP contribution in [0, 0.1) is 0 Å². The molecule has 0 spiro atoms. The van der Waals surface area contributed by atoms with Gasteiger partial charge in [0.1, 0.15) is 0 Å². The summed E-state index contributed by atoms with van der Waals surface area (Å²) in [6, 6.07) is 0.